The van der Waals surface area contributed by atoms with E-state index in [1.165, 1.54) is 5.56 Å². The second kappa shape index (κ2) is 10.6. The summed E-state index contributed by atoms with van der Waals surface area (Å²) in [5.74, 6) is 0.415. The van der Waals surface area contributed by atoms with Crippen molar-refractivity contribution in [2.75, 3.05) is 13.7 Å². The first-order valence-corrected chi connectivity index (χ1v) is 10.6. The lowest BCUT2D eigenvalue weighted by Crippen LogP contribution is -2.49. The number of carbonyl (C=O) groups is 2. The number of halogens is 1. The zero-order valence-electron chi connectivity index (χ0n) is 17.2. The van der Waals surface area contributed by atoms with Crippen LogP contribution in [0, 0.1) is 3.57 Å². The molecule has 7 nitrogen and oxygen atoms in total. The second-order valence-corrected chi connectivity index (χ2v) is 8.94. The minimum absolute atomic E-state index is 0.0387. The summed E-state index contributed by atoms with van der Waals surface area (Å²) in [5.41, 5.74) is 6.56. The number of nitrogens with one attached hydrogen (secondary N) is 3. The van der Waals surface area contributed by atoms with Gasteiger partial charge in [0, 0.05) is 5.56 Å². The Labute approximate surface area is 195 Å². The standard InChI is InChI=1S/C21H24IN3O4S/c1-21(2,3)14-6-8-15(9-7-14)29-12-18(26)23-20(30)25-24-19(27)13-5-10-17(28-4)16(22)11-13/h5-11H,12H2,1-4H3,(H,24,27)(H2,23,25,26,30). The molecule has 2 amide bonds. The summed E-state index contributed by atoms with van der Waals surface area (Å²) in [4.78, 5) is 24.2. The SMILES string of the molecule is COc1ccc(C(=O)NNC(=S)NC(=O)COc2ccc(C(C)(C)C)cc2)cc1I. The Kier molecular flexibility index (Phi) is 8.42. The van der Waals surface area contributed by atoms with Gasteiger partial charge in [-0.25, -0.2) is 0 Å². The highest BCUT2D eigenvalue weighted by molar-refractivity contribution is 14.1. The van der Waals surface area contributed by atoms with E-state index in [-0.39, 0.29) is 17.1 Å². The number of thiocarbonyl (C=S) groups is 1. The molecule has 30 heavy (non-hydrogen) atoms. The van der Waals surface area contributed by atoms with Crippen molar-refractivity contribution in [1.29, 1.82) is 0 Å². The molecule has 0 radical (unpaired) electrons. The summed E-state index contributed by atoms with van der Waals surface area (Å²) in [7, 11) is 1.56. The summed E-state index contributed by atoms with van der Waals surface area (Å²) >= 11 is 7.09. The van der Waals surface area contributed by atoms with E-state index < -0.39 is 11.8 Å². The number of amides is 2. The van der Waals surface area contributed by atoms with Crippen LogP contribution >= 0.6 is 34.8 Å². The van der Waals surface area contributed by atoms with Gasteiger partial charge in [0.1, 0.15) is 11.5 Å². The normalized spacial score (nSPS) is 10.7. The summed E-state index contributed by atoms with van der Waals surface area (Å²) in [5, 5.41) is 2.40. The van der Waals surface area contributed by atoms with Crippen LogP contribution < -0.4 is 25.6 Å². The molecule has 0 aliphatic heterocycles. The Morgan fingerprint density at radius 1 is 1.07 bits per heavy atom. The van der Waals surface area contributed by atoms with Crippen LogP contribution in [0.2, 0.25) is 0 Å². The topological polar surface area (TPSA) is 88.7 Å². The van der Waals surface area contributed by atoms with E-state index in [0.29, 0.717) is 17.1 Å². The molecule has 0 bridgehead atoms. The minimum atomic E-state index is -0.444. The highest BCUT2D eigenvalue weighted by atomic mass is 127. The molecule has 0 saturated heterocycles. The molecule has 0 aliphatic rings. The maximum atomic E-state index is 12.2. The summed E-state index contributed by atoms with van der Waals surface area (Å²) in [6, 6.07) is 12.6. The van der Waals surface area contributed by atoms with Gasteiger partial charge in [0.05, 0.1) is 10.7 Å². The van der Waals surface area contributed by atoms with Crippen LogP contribution in [0.3, 0.4) is 0 Å². The number of hydrogen-bond donors (Lipinski definition) is 3. The molecule has 0 atom stereocenters. The highest BCUT2D eigenvalue weighted by Gasteiger charge is 2.14. The molecule has 0 aromatic heterocycles. The number of rotatable bonds is 5. The Hall–Kier alpha value is -2.40. The summed E-state index contributed by atoms with van der Waals surface area (Å²) in [6.45, 7) is 6.16. The Morgan fingerprint density at radius 3 is 2.30 bits per heavy atom. The van der Waals surface area contributed by atoms with Gasteiger partial charge in [-0.1, -0.05) is 32.9 Å². The largest absolute Gasteiger partial charge is 0.496 e. The molecular formula is C21H24IN3O4S. The van der Waals surface area contributed by atoms with E-state index in [9.17, 15) is 9.59 Å². The van der Waals surface area contributed by atoms with Crippen molar-refractivity contribution in [1.82, 2.24) is 16.2 Å². The molecule has 2 aromatic rings. The van der Waals surface area contributed by atoms with Gasteiger partial charge in [-0.3, -0.25) is 25.8 Å². The lowest BCUT2D eigenvalue weighted by Gasteiger charge is -2.19. The third-order valence-corrected chi connectivity index (χ3v) is 5.09. The molecule has 0 spiro atoms. The number of hydrazine groups is 1. The fourth-order valence-electron chi connectivity index (χ4n) is 2.39. The number of benzene rings is 2. The Balaban J connectivity index is 1.77. The van der Waals surface area contributed by atoms with Gasteiger partial charge in [0.15, 0.2) is 11.7 Å². The Bertz CT molecular complexity index is 927. The van der Waals surface area contributed by atoms with Gasteiger partial charge in [-0.05, 0) is 76.1 Å². The van der Waals surface area contributed by atoms with Crippen molar-refractivity contribution < 1.29 is 19.1 Å². The molecule has 0 saturated carbocycles. The van der Waals surface area contributed by atoms with Crippen molar-refractivity contribution >= 4 is 51.7 Å². The first kappa shape index (κ1) is 23.9. The maximum Gasteiger partial charge on any atom is 0.269 e. The van der Waals surface area contributed by atoms with E-state index in [2.05, 4.69) is 59.5 Å². The van der Waals surface area contributed by atoms with Crippen molar-refractivity contribution in [3.63, 3.8) is 0 Å². The van der Waals surface area contributed by atoms with Crippen molar-refractivity contribution in [3.05, 3.63) is 57.2 Å². The monoisotopic (exact) mass is 541 g/mol. The third kappa shape index (κ3) is 7.13. The van der Waals surface area contributed by atoms with E-state index >= 15 is 0 Å². The van der Waals surface area contributed by atoms with Gasteiger partial charge in [-0.15, -0.1) is 0 Å². The first-order valence-electron chi connectivity index (χ1n) is 9.07. The Morgan fingerprint density at radius 2 is 1.73 bits per heavy atom. The summed E-state index contributed by atoms with van der Waals surface area (Å²) in [6.07, 6.45) is 0. The van der Waals surface area contributed by atoms with Crippen LogP contribution in [0.25, 0.3) is 0 Å². The molecule has 0 heterocycles. The number of methoxy groups -OCH3 is 1. The zero-order chi connectivity index (χ0) is 22.3. The van der Waals surface area contributed by atoms with Gasteiger partial charge in [0.2, 0.25) is 0 Å². The van der Waals surface area contributed by atoms with E-state index in [0.717, 1.165) is 3.57 Å². The van der Waals surface area contributed by atoms with Gasteiger partial charge >= 0.3 is 0 Å². The van der Waals surface area contributed by atoms with Crippen LogP contribution in [0.5, 0.6) is 11.5 Å². The molecule has 3 N–H and O–H groups in total. The van der Waals surface area contributed by atoms with Gasteiger partial charge < -0.3 is 9.47 Å². The van der Waals surface area contributed by atoms with E-state index in [4.69, 9.17) is 21.7 Å². The van der Waals surface area contributed by atoms with Gasteiger partial charge in [-0.2, -0.15) is 0 Å². The molecule has 160 valence electrons. The first-order chi connectivity index (χ1) is 14.1. The summed E-state index contributed by atoms with van der Waals surface area (Å²) < 4.78 is 11.4. The predicted molar refractivity (Wildman–Crippen MR) is 128 cm³/mol. The van der Waals surface area contributed by atoms with Gasteiger partial charge in [0.25, 0.3) is 11.8 Å². The number of carbonyl (C=O) groups excluding carboxylic acids is 2. The van der Waals surface area contributed by atoms with Crippen LogP contribution in [-0.4, -0.2) is 30.6 Å². The van der Waals surface area contributed by atoms with Crippen molar-refractivity contribution in [3.8, 4) is 11.5 Å². The molecule has 2 rings (SSSR count). The maximum absolute atomic E-state index is 12.2. The quantitative estimate of drug-likeness (QED) is 0.306. The number of ether oxygens (including phenoxy) is 2. The second-order valence-electron chi connectivity index (χ2n) is 7.37. The third-order valence-electron chi connectivity index (χ3n) is 4.05. The molecule has 9 heteroatoms. The fraction of sp³-hybridized carbons (Fsp3) is 0.286. The average molecular weight is 541 g/mol. The fourth-order valence-corrected chi connectivity index (χ4v) is 3.29. The lowest BCUT2D eigenvalue weighted by molar-refractivity contribution is -0.121. The predicted octanol–water partition coefficient (Wildman–Crippen LogP) is 3.31. The van der Waals surface area contributed by atoms with E-state index in [1.54, 1.807) is 25.3 Å². The highest BCUT2D eigenvalue weighted by Crippen LogP contribution is 2.24. The van der Waals surface area contributed by atoms with Crippen LogP contribution in [0.15, 0.2) is 42.5 Å². The molecule has 0 unspecified atom stereocenters. The number of hydrogen-bond acceptors (Lipinski definition) is 5. The van der Waals surface area contributed by atoms with Crippen molar-refractivity contribution in [2.24, 2.45) is 0 Å². The molecule has 0 aliphatic carbocycles. The van der Waals surface area contributed by atoms with E-state index in [1.807, 2.05) is 24.3 Å². The van der Waals surface area contributed by atoms with Crippen LogP contribution in [-0.2, 0) is 10.2 Å². The zero-order valence-corrected chi connectivity index (χ0v) is 20.1. The minimum Gasteiger partial charge on any atom is -0.496 e. The molecular weight excluding hydrogens is 517 g/mol. The van der Waals surface area contributed by atoms with Crippen LogP contribution in [0.1, 0.15) is 36.7 Å². The molecule has 0 fully saturated rings. The molecule has 2 aromatic carbocycles. The average Bonchev–Trinajstić information content (AvgIpc) is 2.70. The van der Waals surface area contributed by atoms with Crippen LogP contribution in [0.4, 0.5) is 0 Å². The lowest BCUT2D eigenvalue weighted by atomic mass is 9.87. The smallest absolute Gasteiger partial charge is 0.269 e. The van der Waals surface area contributed by atoms with Crippen molar-refractivity contribution in [2.45, 2.75) is 26.2 Å².